The van der Waals surface area contributed by atoms with Gasteiger partial charge >= 0.3 is 5.69 Å². The Morgan fingerprint density at radius 1 is 1.09 bits per heavy atom. The molecule has 0 aromatic carbocycles. The predicted molar refractivity (Wildman–Crippen MR) is 136 cm³/mol. The maximum Gasteiger partial charge on any atom is 0.330 e. The van der Waals surface area contributed by atoms with Crippen molar-refractivity contribution >= 4 is 16.6 Å². The van der Waals surface area contributed by atoms with E-state index in [-0.39, 0.29) is 16.5 Å². The monoisotopic (exact) mass is 511 g/mol. The number of nitrogens with zero attached hydrogens (tertiary/aromatic N) is 2. The number of rotatable bonds is 7. The number of nitrogens with one attached hydrogen (secondary N) is 1. The summed E-state index contributed by atoms with van der Waals surface area (Å²) in [6.07, 6.45) is -3.16. The van der Waals surface area contributed by atoms with E-state index in [2.05, 4.69) is 72.7 Å². The Morgan fingerprint density at radius 3 is 2.03 bits per heavy atom. The molecule has 192 valence electrons. The minimum atomic E-state index is -2.40. The van der Waals surface area contributed by atoms with Gasteiger partial charge in [0.2, 0.25) is 0 Å². The molecule has 2 N–H and O–H groups in total. The summed E-state index contributed by atoms with van der Waals surface area (Å²) >= 11 is 0. The van der Waals surface area contributed by atoms with E-state index < -0.39 is 58.5 Å². The molecule has 0 radical (unpaired) electrons. The Bertz CT molecular complexity index is 1020. The molecule has 0 saturated carbocycles. The van der Waals surface area contributed by atoms with E-state index in [0.717, 1.165) is 0 Å². The van der Waals surface area contributed by atoms with E-state index in [0.29, 0.717) is 0 Å². The summed E-state index contributed by atoms with van der Waals surface area (Å²) in [5.41, 5.74) is -1.15. The van der Waals surface area contributed by atoms with Gasteiger partial charge < -0.3 is 18.7 Å². The van der Waals surface area contributed by atoms with Crippen LogP contribution in [-0.4, -0.2) is 55.7 Å². The first-order valence-corrected chi connectivity index (χ1v) is 17.5. The van der Waals surface area contributed by atoms with Crippen LogP contribution in [0.1, 0.15) is 54.2 Å². The van der Waals surface area contributed by atoms with E-state index in [4.69, 9.17) is 13.6 Å². The first kappa shape index (κ1) is 28.7. The quantitative estimate of drug-likeness (QED) is 0.537. The molecule has 9 nitrogen and oxygen atoms in total. The molecule has 2 rings (SSSR count). The van der Waals surface area contributed by atoms with Gasteiger partial charge in [0.25, 0.3) is 5.56 Å². The van der Waals surface area contributed by atoms with Gasteiger partial charge in [0.1, 0.15) is 18.3 Å². The largest absolute Gasteiger partial charge is 0.408 e. The lowest BCUT2D eigenvalue weighted by atomic mass is 10.0. The fourth-order valence-corrected chi connectivity index (χ4v) is 5.92. The van der Waals surface area contributed by atoms with Crippen LogP contribution in [0.5, 0.6) is 0 Å². The van der Waals surface area contributed by atoms with Gasteiger partial charge in [-0.3, -0.25) is 14.3 Å². The number of aliphatic hydroxyl groups is 1. The van der Waals surface area contributed by atoms with Crippen LogP contribution in [0, 0.1) is 11.3 Å². The zero-order valence-corrected chi connectivity index (χ0v) is 24.1. The number of aromatic nitrogens is 2. The van der Waals surface area contributed by atoms with Gasteiger partial charge in [0.15, 0.2) is 22.9 Å². The topological polar surface area (TPSA) is 127 Å². The highest BCUT2D eigenvalue weighted by Crippen LogP contribution is 2.46. The molecule has 1 aromatic heterocycles. The van der Waals surface area contributed by atoms with Gasteiger partial charge in [-0.1, -0.05) is 41.5 Å². The average molecular weight is 512 g/mol. The zero-order valence-electron chi connectivity index (χ0n) is 22.1. The summed E-state index contributed by atoms with van der Waals surface area (Å²) in [6.45, 7) is 21.1. The standard InChI is InChI=1S/C23H41N3O6Si2/c1-22(2,3)33(7,8)31-18-17(15(27)11-13-24)30-20(26-14-12-16(28)25-21(26)29)19(18)32-34(9,10)23(4,5)6/h12,14-15,17-20,27H,11H2,1-10H3,(H,25,28,29)/t15?,17?,18-,19-,20-/m1/s1. The van der Waals surface area contributed by atoms with Crippen molar-refractivity contribution in [3.63, 3.8) is 0 Å². The second-order valence-corrected chi connectivity index (χ2v) is 21.6. The Hall–Kier alpha value is -1.56. The Morgan fingerprint density at radius 2 is 1.59 bits per heavy atom. The fourth-order valence-electron chi connectivity index (χ4n) is 3.33. The molecule has 5 atom stereocenters. The number of nitriles is 1. The van der Waals surface area contributed by atoms with Crippen molar-refractivity contribution < 1.29 is 18.7 Å². The highest BCUT2D eigenvalue weighted by molar-refractivity contribution is 6.74. The third-order valence-corrected chi connectivity index (χ3v) is 16.5. The highest BCUT2D eigenvalue weighted by atomic mass is 28.4. The van der Waals surface area contributed by atoms with E-state index in [1.807, 2.05) is 6.07 Å². The van der Waals surface area contributed by atoms with Crippen molar-refractivity contribution in [3.8, 4) is 6.07 Å². The third kappa shape index (κ3) is 5.98. The molecule has 34 heavy (non-hydrogen) atoms. The minimum Gasteiger partial charge on any atom is -0.408 e. The number of aromatic amines is 1. The molecule has 0 bridgehead atoms. The SMILES string of the molecule is CC(C)(C)[Si](C)(C)O[C@@H]1[C@H](O[Si](C)(C)C(C)(C)C)C(C(O)CC#N)O[C@H]1n1ccc(=O)[nH]c1=O. The smallest absolute Gasteiger partial charge is 0.330 e. The molecular formula is C23H41N3O6Si2. The molecule has 1 aliphatic rings. The van der Waals surface area contributed by atoms with Crippen molar-refractivity contribution in [1.82, 2.24) is 9.55 Å². The number of H-pyrrole nitrogens is 1. The second kappa shape index (κ2) is 9.83. The Kier molecular flexibility index (Phi) is 8.29. The molecule has 0 aliphatic carbocycles. The van der Waals surface area contributed by atoms with Crippen LogP contribution in [0.3, 0.4) is 0 Å². The third-order valence-electron chi connectivity index (χ3n) is 7.50. The van der Waals surface area contributed by atoms with Gasteiger partial charge in [-0.05, 0) is 36.3 Å². The molecule has 1 fully saturated rings. The van der Waals surface area contributed by atoms with E-state index in [9.17, 15) is 20.0 Å². The van der Waals surface area contributed by atoms with Crippen LogP contribution >= 0.6 is 0 Å². The van der Waals surface area contributed by atoms with Crippen LogP contribution in [-0.2, 0) is 13.6 Å². The van der Waals surface area contributed by atoms with E-state index in [1.165, 1.54) is 16.8 Å². The van der Waals surface area contributed by atoms with Crippen LogP contribution in [0.2, 0.25) is 36.3 Å². The van der Waals surface area contributed by atoms with E-state index >= 15 is 0 Å². The van der Waals surface area contributed by atoms with Crippen molar-refractivity contribution in [2.45, 2.75) is 115 Å². The summed E-state index contributed by atoms with van der Waals surface area (Å²) in [5, 5.41) is 19.8. The van der Waals surface area contributed by atoms with Crippen LogP contribution in [0.25, 0.3) is 0 Å². The molecule has 1 aliphatic heterocycles. The number of ether oxygens (including phenoxy) is 1. The second-order valence-electron chi connectivity index (χ2n) is 12.1. The first-order chi connectivity index (χ1) is 15.3. The number of hydrogen-bond acceptors (Lipinski definition) is 7. The molecule has 1 saturated heterocycles. The predicted octanol–water partition coefficient (Wildman–Crippen LogP) is 3.49. The van der Waals surface area contributed by atoms with Gasteiger partial charge in [-0.15, -0.1) is 0 Å². The van der Waals surface area contributed by atoms with Crippen molar-refractivity contribution in [3.05, 3.63) is 33.1 Å². The highest BCUT2D eigenvalue weighted by Gasteiger charge is 2.56. The van der Waals surface area contributed by atoms with E-state index in [1.54, 1.807) is 0 Å². The number of hydrogen-bond donors (Lipinski definition) is 2. The van der Waals surface area contributed by atoms with Gasteiger partial charge in [0.05, 0.1) is 18.6 Å². The molecule has 2 unspecified atom stereocenters. The van der Waals surface area contributed by atoms with Gasteiger partial charge in [-0.2, -0.15) is 5.26 Å². The molecule has 1 aromatic rings. The Labute approximate surface area is 204 Å². The summed E-state index contributed by atoms with van der Waals surface area (Å²) in [5.74, 6) is 0. The first-order valence-electron chi connectivity index (χ1n) is 11.7. The molecular weight excluding hydrogens is 470 g/mol. The lowest BCUT2D eigenvalue weighted by molar-refractivity contribution is -0.0825. The summed E-state index contributed by atoms with van der Waals surface area (Å²) in [7, 11) is -4.78. The van der Waals surface area contributed by atoms with Crippen LogP contribution in [0.15, 0.2) is 21.9 Å². The fraction of sp³-hybridized carbons (Fsp3) is 0.783. The lowest BCUT2D eigenvalue weighted by Gasteiger charge is -2.44. The number of aliphatic hydroxyl groups excluding tert-OH is 1. The minimum absolute atomic E-state index is 0.133. The molecule has 0 amide bonds. The average Bonchev–Trinajstić information content (AvgIpc) is 2.97. The summed E-state index contributed by atoms with van der Waals surface area (Å²) in [6, 6.07) is 3.24. The van der Waals surface area contributed by atoms with Crippen molar-refractivity contribution in [2.75, 3.05) is 0 Å². The van der Waals surface area contributed by atoms with Crippen LogP contribution < -0.4 is 11.2 Å². The van der Waals surface area contributed by atoms with Crippen molar-refractivity contribution in [1.29, 1.82) is 5.26 Å². The molecule has 2 heterocycles. The normalized spacial score (nSPS) is 25.2. The van der Waals surface area contributed by atoms with Gasteiger partial charge in [-0.25, -0.2) is 4.79 Å². The molecule has 11 heteroatoms. The summed E-state index contributed by atoms with van der Waals surface area (Å²) < 4.78 is 21.1. The van der Waals surface area contributed by atoms with Crippen molar-refractivity contribution in [2.24, 2.45) is 0 Å². The Balaban J connectivity index is 2.68. The van der Waals surface area contributed by atoms with Crippen LogP contribution in [0.4, 0.5) is 0 Å². The lowest BCUT2D eigenvalue weighted by Crippen LogP contribution is -2.55. The maximum atomic E-state index is 12.7. The van der Waals surface area contributed by atoms with Gasteiger partial charge in [0, 0.05) is 12.3 Å². The zero-order chi connectivity index (χ0) is 26.3. The maximum absolute atomic E-state index is 12.7. The summed E-state index contributed by atoms with van der Waals surface area (Å²) in [4.78, 5) is 26.7. The molecule has 0 spiro atoms.